The van der Waals surface area contributed by atoms with Crippen LogP contribution in [0, 0.1) is 5.41 Å². The fourth-order valence-electron chi connectivity index (χ4n) is 2.15. The molecule has 1 amide bonds. The van der Waals surface area contributed by atoms with Gasteiger partial charge in [0.2, 0.25) is 5.91 Å². The molecule has 2 atom stereocenters. The molecule has 0 heterocycles. The highest BCUT2D eigenvalue weighted by atomic mass is 16.3. The Balaban J connectivity index is 2.40. The van der Waals surface area contributed by atoms with Crippen molar-refractivity contribution >= 4 is 5.91 Å². The molecule has 0 bridgehead atoms. The lowest BCUT2D eigenvalue weighted by molar-refractivity contribution is -0.128. The van der Waals surface area contributed by atoms with Gasteiger partial charge in [0.15, 0.2) is 0 Å². The molecule has 0 aliphatic heterocycles. The SMILES string of the molecule is CNC(=O)C(C)(C)CN[C@@H]1CCCC[C@H]1O. The molecule has 16 heavy (non-hydrogen) atoms. The highest BCUT2D eigenvalue weighted by Crippen LogP contribution is 2.20. The maximum atomic E-state index is 11.6. The fraction of sp³-hybridized carbons (Fsp3) is 0.917. The molecular weight excluding hydrogens is 204 g/mol. The Labute approximate surface area is 97.8 Å². The van der Waals surface area contributed by atoms with Gasteiger partial charge in [-0.05, 0) is 26.7 Å². The summed E-state index contributed by atoms with van der Waals surface area (Å²) in [6, 6.07) is 0.151. The van der Waals surface area contributed by atoms with Crippen molar-refractivity contribution in [2.45, 2.75) is 51.7 Å². The summed E-state index contributed by atoms with van der Waals surface area (Å²) < 4.78 is 0. The van der Waals surface area contributed by atoms with E-state index in [4.69, 9.17) is 0 Å². The van der Waals surface area contributed by atoms with Crippen LogP contribution in [0.1, 0.15) is 39.5 Å². The first-order chi connectivity index (χ1) is 7.47. The van der Waals surface area contributed by atoms with Crippen molar-refractivity contribution in [3.8, 4) is 0 Å². The van der Waals surface area contributed by atoms with Crippen LogP contribution < -0.4 is 10.6 Å². The van der Waals surface area contributed by atoms with Gasteiger partial charge >= 0.3 is 0 Å². The van der Waals surface area contributed by atoms with Gasteiger partial charge in [-0.25, -0.2) is 0 Å². The van der Waals surface area contributed by atoms with Crippen molar-refractivity contribution in [3.63, 3.8) is 0 Å². The van der Waals surface area contributed by atoms with E-state index in [0.29, 0.717) is 6.54 Å². The van der Waals surface area contributed by atoms with Crippen LogP contribution in [-0.2, 0) is 4.79 Å². The second-order valence-electron chi connectivity index (χ2n) is 5.30. The number of aliphatic hydroxyl groups is 1. The van der Waals surface area contributed by atoms with Gasteiger partial charge in [-0.3, -0.25) is 4.79 Å². The lowest BCUT2D eigenvalue weighted by Gasteiger charge is -2.32. The van der Waals surface area contributed by atoms with Crippen molar-refractivity contribution in [1.82, 2.24) is 10.6 Å². The van der Waals surface area contributed by atoms with Gasteiger partial charge in [-0.1, -0.05) is 12.8 Å². The van der Waals surface area contributed by atoms with Crippen LogP contribution in [-0.4, -0.2) is 36.8 Å². The first kappa shape index (κ1) is 13.5. The average molecular weight is 228 g/mol. The van der Waals surface area contributed by atoms with E-state index in [0.717, 1.165) is 25.7 Å². The van der Waals surface area contributed by atoms with Gasteiger partial charge in [-0.2, -0.15) is 0 Å². The van der Waals surface area contributed by atoms with Crippen LogP contribution in [0.25, 0.3) is 0 Å². The van der Waals surface area contributed by atoms with Gasteiger partial charge in [0, 0.05) is 19.6 Å². The fourth-order valence-corrected chi connectivity index (χ4v) is 2.15. The third kappa shape index (κ3) is 3.46. The second kappa shape index (κ2) is 5.64. The number of rotatable bonds is 4. The number of carbonyl (C=O) groups excluding carboxylic acids is 1. The monoisotopic (exact) mass is 228 g/mol. The van der Waals surface area contributed by atoms with E-state index in [1.807, 2.05) is 13.8 Å². The molecule has 0 aromatic rings. The smallest absolute Gasteiger partial charge is 0.226 e. The van der Waals surface area contributed by atoms with Crippen LogP contribution in [0.3, 0.4) is 0 Å². The zero-order chi connectivity index (χ0) is 12.2. The summed E-state index contributed by atoms with van der Waals surface area (Å²) in [6.07, 6.45) is 3.89. The number of hydrogen-bond donors (Lipinski definition) is 3. The molecule has 4 heteroatoms. The molecule has 1 aliphatic carbocycles. The molecule has 0 saturated heterocycles. The number of aliphatic hydroxyl groups excluding tert-OH is 1. The van der Waals surface area contributed by atoms with Gasteiger partial charge in [-0.15, -0.1) is 0 Å². The Hall–Kier alpha value is -0.610. The van der Waals surface area contributed by atoms with E-state index in [1.54, 1.807) is 7.05 Å². The molecule has 0 radical (unpaired) electrons. The Kier molecular flexibility index (Phi) is 4.74. The van der Waals surface area contributed by atoms with Gasteiger partial charge < -0.3 is 15.7 Å². The summed E-state index contributed by atoms with van der Waals surface area (Å²) in [5.41, 5.74) is -0.425. The third-order valence-corrected chi connectivity index (χ3v) is 3.38. The minimum Gasteiger partial charge on any atom is -0.392 e. The lowest BCUT2D eigenvalue weighted by atomic mass is 9.89. The number of nitrogens with one attached hydrogen (secondary N) is 2. The Morgan fingerprint density at radius 3 is 2.56 bits per heavy atom. The lowest BCUT2D eigenvalue weighted by Crippen LogP contribution is -2.49. The molecule has 0 unspecified atom stereocenters. The predicted octanol–water partition coefficient (Wildman–Crippen LogP) is 0.652. The molecule has 94 valence electrons. The third-order valence-electron chi connectivity index (χ3n) is 3.38. The summed E-state index contributed by atoms with van der Waals surface area (Å²) in [4.78, 5) is 11.6. The van der Waals surface area contributed by atoms with E-state index in [1.165, 1.54) is 0 Å². The molecule has 0 aromatic heterocycles. The highest BCUT2D eigenvalue weighted by molar-refractivity contribution is 5.81. The summed E-state index contributed by atoms with van der Waals surface area (Å²) in [7, 11) is 1.65. The van der Waals surface area contributed by atoms with E-state index in [9.17, 15) is 9.90 Å². The van der Waals surface area contributed by atoms with E-state index in [2.05, 4.69) is 10.6 Å². The average Bonchev–Trinajstić information content (AvgIpc) is 2.27. The van der Waals surface area contributed by atoms with Gasteiger partial charge in [0.25, 0.3) is 0 Å². The van der Waals surface area contributed by atoms with Crippen molar-refractivity contribution in [2.24, 2.45) is 5.41 Å². The van der Waals surface area contributed by atoms with Gasteiger partial charge in [0.1, 0.15) is 0 Å². The predicted molar refractivity (Wildman–Crippen MR) is 64.1 cm³/mol. The quantitative estimate of drug-likeness (QED) is 0.662. The van der Waals surface area contributed by atoms with Crippen molar-refractivity contribution in [2.75, 3.05) is 13.6 Å². The van der Waals surface area contributed by atoms with Crippen LogP contribution >= 0.6 is 0 Å². The number of carbonyl (C=O) groups is 1. The highest BCUT2D eigenvalue weighted by Gasteiger charge is 2.29. The van der Waals surface area contributed by atoms with Crippen LogP contribution in [0.5, 0.6) is 0 Å². The molecule has 0 spiro atoms. The molecule has 1 rings (SSSR count). The first-order valence-corrected chi connectivity index (χ1v) is 6.11. The van der Waals surface area contributed by atoms with E-state index >= 15 is 0 Å². The molecule has 1 aliphatic rings. The van der Waals surface area contributed by atoms with Crippen molar-refractivity contribution in [3.05, 3.63) is 0 Å². The molecule has 3 N–H and O–H groups in total. The second-order valence-corrected chi connectivity index (χ2v) is 5.30. The maximum absolute atomic E-state index is 11.6. The minimum atomic E-state index is -0.425. The molecule has 1 saturated carbocycles. The molecule has 4 nitrogen and oxygen atoms in total. The Bertz CT molecular complexity index is 241. The van der Waals surface area contributed by atoms with Crippen molar-refractivity contribution < 1.29 is 9.90 Å². The summed E-state index contributed by atoms with van der Waals surface area (Å²) in [5.74, 6) is 0.0327. The normalized spacial score (nSPS) is 26.5. The van der Waals surface area contributed by atoms with Crippen LogP contribution in [0.2, 0.25) is 0 Å². The Morgan fingerprint density at radius 1 is 1.38 bits per heavy atom. The maximum Gasteiger partial charge on any atom is 0.226 e. The van der Waals surface area contributed by atoms with Gasteiger partial charge in [0.05, 0.1) is 11.5 Å². The number of amides is 1. The topological polar surface area (TPSA) is 61.4 Å². The first-order valence-electron chi connectivity index (χ1n) is 6.11. The molecule has 0 aromatic carbocycles. The molecular formula is C12H24N2O2. The summed E-state index contributed by atoms with van der Waals surface area (Å²) in [5, 5.41) is 15.8. The standard InChI is InChI=1S/C12H24N2O2/c1-12(2,11(16)13-3)8-14-9-6-4-5-7-10(9)15/h9-10,14-15H,4-8H2,1-3H3,(H,13,16)/t9-,10-/m1/s1. The zero-order valence-electron chi connectivity index (χ0n) is 10.5. The van der Waals surface area contributed by atoms with Crippen molar-refractivity contribution in [1.29, 1.82) is 0 Å². The largest absolute Gasteiger partial charge is 0.392 e. The summed E-state index contributed by atoms with van der Waals surface area (Å²) in [6.45, 7) is 4.43. The Morgan fingerprint density at radius 2 is 2.00 bits per heavy atom. The van der Waals surface area contributed by atoms with E-state index < -0.39 is 5.41 Å². The van der Waals surface area contributed by atoms with Crippen LogP contribution in [0.15, 0.2) is 0 Å². The zero-order valence-corrected chi connectivity index (χ0v) is 10.5. The minimum absolute atomic E-state index is 0.0327. The van der Waals surface area contributed by atoms with E-state index in [-0.39, 0.29) is 18.1 Å². The van der Waals surface area contributed by atoms with Crippen LogP contribution in [0.4, 0.5) is 0 Å². The summed E-state index contributed by atoms with van der Waals surface area (Å²) >= 11 is 0. The molecule has 1 fully saturated rings. The number of hydrogen-bond acceptors (Lipinski definition) is 3.